The highest BCUT2D eigenvalue weighted by Gasteiger charge is 2.01. The molecule has 0 spiro atoms. The Morgan fingerprint density at radius 3 is 3.15 bits per heavy atom. The highest BCUT2D eigenvalue weighted by molar-refractivity contribution is 8.13. The second kappa shape index (κ2) is 4.91. The minimum absolute atomic E-state index is 0.157. The Balaban J connectivity index is 2.54. The van der Waals surface area contributed by atoms with Crippen molar-refractivity contribution in [2.45, 2.75) is 25.6 Å². The number of imidazole rings is 1. The first-order valence-electron chi connectivity index (χ1n) is 4.20. The van der Waals surface area contributed by atoms with Crippen LogP contribution in [0.1, 0.15) is 19.0 Å². The van der Waals surface area contributed by atoms with Crippen molar-refractivity contribution in [2.75, 3.05) is 0 Å². The Morgan fingerprint density at radius 1 is 1.77 bits per heavy atom. The molecule has 0 aliphatic carbocycles. The van der Waals surface area contributed by atoms with E-state index in [0.29, 0.717) is 0 Å². The molecular weight excluding hydrogens is 184 g/mol. The second-order valence-electron chi connectivity index (χ2n) is 2.73. The Labute approximate surface area is 82.0 Å². The molecule has 0 fully saturated rings. The molecule has 1 aromatic rings. The summed E-state index contributed by atoms with van der Waals surface area (Å²) in [5.41, 5.74) is 6.38. The van der Waals surface area contributed by atoms with Crippen LogP contribution >= 0.6 is 11.8 Å². The predicted octanol–water partition coefficient (Wildman–Crippen LogP) is 1.42. The maximum atomic E-state index is 7.08. The smallest absolute Gasteiger partial charge is 0.151 e. The van der Waals surface area contributed by atoms with E-state index in [1.807, 2.05) is 12.5 Å². The number of nitrogens with two attached hydrogens (primary N) is 1. The molecule has 3 N–H and O–H groups in total. The van der Waals surface area contributed by atoms with Gasteiger partial charge in [0, 0.05) is 24.2 Å². The van der Waals surface area contributed by atoms with Crippen molar-refractivity contribution in [3.63, 3.8) is 0 Å². The maximum absolute atomic E-state index is 7.08. The maximum Gasteiger partial charge on any atom is 0.151 e. The van der Waals surface area contributed by atoms with Crippen LogP contribution in [0.5, 0.6) is 0 Å². The zero-order valence-corrected chi connectivity index (χ0v) is 8.47. The molecule has 4 nitrogen and oxygen atoms in total. The van der Waals surface area contributed by atoms with Gasteiger partial charge in [0.15, 0.2) is 5.17 Å². The summed E-state index contributed by atoms with van der Waals surface area (Å²) in [5, 5.41) is 7.24. The van der Waals surface area contributed by atoms with Gasteiger partial charge in [-0.15, -0.1) is 0 Å². The molecule has 1 heterocycles. The molecule has 0 unspecified atom stereocenters. The zero-order valence-electron chi connectivity index (χ0n) is 7.66. The van der Waals surface area contributed by atoms with Crippen LogP contribution in [-0.2, 0) is 12.3 Å². The summed E-state index contributed by atoms with van der Waals surface area (Å²) >= 11 is 1.33. The van der Waals surface area contributed by atoms with Crippen molar-refractivity contribution in [1.82, 2.24) is 9.55 Å². The number of hydrogen-bond acceptors (Lipinski definition) is 3. The molecule has 5 heteroatoms. The first kappa shape index (κ1) is 10.1. The van der Waals surface area contributed by atoms with Crippen LogP contribution in [0.25, 0.3) is 0 Å². The summed E-state index contributed by atoms with van der Waals surface area (Å²) in [6, 6.07) is 0. The van der Waals surface area contributed by atoms with Crippen molar-refractivity contribution in [3.8, 4) is 0 Å². The normalized spacial score (nSPS) is 10.2. The van der Waals surface area contributed by atoms with Crippen LogP contribution in [0.2, 0.25) is 0 Å². The molecule has 0 amide bonds. The Morgan fingerprint density at radius 2 is 2.54 bits per heavy atom. The predicted molar refractivity (Wildman–Crippen MR) is 55.7 cm³/mol. The summed E-state index contributed by atoms with van der Waals surface area (Å²) in [4.78, 5) is 4.06. The quantitative estimate of drug-likeness (QED) is 0.568. The first-order valence-corrected chi connectivity index (χ1v) is 5.18. The molecule has 0 aromatic carbocycles. The van der Waals surface area contributed by atoms with E-state index in [1.165, 1.54) is 11.8 Å². The minimum Gasteiger partial charge on any atom is -0.379 e. The highest BCUT2D eigenvalue weighted by Crippen LogP contribution is 2.11. The van der Waals surface area contributed by atoms with Crippen LogP contribution in [0.3, 0.4) is 0 Å². The van der Waals surface area contributed by atoms with E-state index in [-0.39, 0.29) is 5.17 Å². The molecule has 0 saturated carbocycles. The van der Waals surface area contributed by atoms with Crippen molar-refractivity contribution in [1.29, 1.82) is 5.41 Å². The number of aromatic nitrogens is 2. The molecule has 1 rings (SSSR count). The van der Waals surface area contributed by atoms with E-state index < -0.39 is 0 Å². The van der Waals surface area contributed by atoms with Gasteiger partial charge in [-0.3, -0.25) is 5.41 Å². The summed E-state index contributed by atoms with van der Waals surface area (Å²) in [6.07, 6.45) is 4.74. The highest BCUT2D eigenvalue weighted by atomic mass is 32.2. The lowest BCUT2D eigenvalue weighted by molar-refractivity contribution is 0.660. The zero-order chi connectivity index (χ0) is 9.68. The van der Waals surface area contributed by atoms with Gasteiger partial charge in [-0.1, -0.05) is 18.7 Å². The second-order valence-corrected chi connectivity index (χ2v) is 3.75. The summed E-state index contributed by atoms with van der Waals surface area (Å²) in [6.45, 7) is 3.11. The third-order valence-electron chi connectivity index (χ3n) is 1.64. The van der Waals surface area contributed by atoms with Gasteiger partial charge >= 0.3 is 0 Å². The number of hydrogen-bond donors (Lipinski definition) is 2. The molecular formula is C8H14N4S. The molecule has 1 aromatic heterocycles. The number of thioether (sulfide) groups is 1. The fraction of sp³-hybridized carbons (Fsp3) is 0.500. The third kappa shape index (κ3) is 3.10. The lowest BCUT2D eigenvalue weighted by Gasteiger charge is -2.04. The first-order chi connectivity index (χ1) is 6.24. The van der Waals surface area contributed by atoms with Crippen molar-refractivity contribution in [3.05, 3.63) is 18.2 Å². The molecule has 72 valence electrons. The van der Waals surface area contributed by atoms with Crippen molar-refractivity contribution >= 4 is 16.9 Å². The van der Waals surface area contributed by atoms with Crippen molar-refractivity contribution in [2.24, 2.45) is 5.73 Å². The SMILES string of the molecule is CCCn1cncc1CSC(=N)N. The summed E-state index contributed by atoms with van der Waals surface area (Å²) in [5.74, 6) is 0.731. The van der Waals surface area contributed by atoms with E-state index in [2.05, 4.69) is 16.5 Å². The van der Waals surface area contributed by atoms with E-state index in [4.69, 9.17) is 11.1 Å². The molecule has 0 aliphatic heterocycles. The Bertz CT molecular complexity index is 281. The van der Waals surface area contributed by atoms with Crippen LogP contribution in [0.4, 0.5) is 0 Å². The van der Waals surface area contributed by atoms with Gasteiger partial charge in [-0.2, -0.15) is 0 Å². The average molecular weight is 198 g/mol. The summed E-state index contributed by atoms with van der Waals surface area (Å²) < 4.78 is 2.09. The lowest BCUT2D eigenvalue weighted by atomic mass is 10.4. The molecule has 0 bridgehead atoms. The van der Waals surface area contributed by atoms with Crippen LogP contribution in [-0.4, -0.2) is 14.7 Å². The van der Waals surface area contributed by atoms with Crippen LogP contribution in [0, 0.1) is 5.41 Å². The van der Waals surface area contributed by atoms with Gasteiger partial charge in [0.05, 0.1) is 6.33 Å². The third-order valence-corrected chi connectivity index (χ3v) is 2.39. The van der Waals surface area contributed by atoms with Gasteiger partial charge in [0.2, 0.25) is 0 Å². The van der Waals surface area contributed by atoms with Crippen molar-refractivity contribution < 1.29 is 0 Å². The molecule has 13 heavy (non-hydrogen) atoms. The molecule has 0 radical (unpaired) electrons. The molecule has 0 atom stereocenters. The van der Waals surface area contributed by atoms with Gasteiger partial charge in [-0.05, 0) is 6.42 Å². The fourth-order valence-corrected chi connectivity index (χ4v) is 1.61. The topological polar surface area (TPSA) is 67.7 Å². The molecule has 0 saturated heterocycles. The standard InChI is InChI=1S/C8H14N4S/c1-2-3-12-6-11-4-7(12)5-13-8(9)10/h4,6H,2-3,5H2,1H3,(H3,9,10). The van der Waals surface area contributed by atoms with Gasteiger partial charge in [0.1, 0.15) is 0 Å². The lowest BCUT2D eigenvalue weighted by Crippen LogP contribution is -2.06. The van der Waals surface area contributed by atoms with Gasteiger partial charge in [-0.25, -0.2) is 4.98 Å². The van der Waals surface area contributed by atoms with Crippen LogP contribution < -0.4 is 5.73 Å². The minimum atomic E-state index is 0.157. The number of rotatable bonds is 4. The number of aryl methyl sites for hydroxylation is 1. The number of amidine groups is 1. The van der Waals surface area contributed by atoms with Gasteiger partial charge in [0.25, 0.3) is 0 Å². The largest absolute Gasteiger partial charge is 0.379 e. The van der Waals surface area contributed by atoms with E-state index in [1.54, 1.807) is 0 Å². The Kier molecular flexibility index (Phi) is 3.82. The summed E-state index contributed by atoms with van der Waals surface area (Å²) in [7, 11) is 0. The Hall–Kier alpha value is -0.970. The van der Waals surface area contributed by atoms with E-state index in [0.717, 1.165) is 24.4 Å². The number of nitrogens with zero attached hydrogens (tertiary/aromatic N) is 2. The van der Waals surface area contributed by atoms with E-state index >= 15 is 0 Å². The van der Waals surface area contributed by atoms with Gasteiger partial charge < -0.3 is 10.3 Å². The average Bonchev–Trinajstić information content (AvgIpc) is 2.49. The molecule has 0 aliphatic rings. The van der Waals surface area contributed by atoms with Crippen LogP contribution in [0.15, 0.2) is 12.5 Å². The number of nitrogens with one attached hydrogen (secondary N) is 1. The monoisotopic (exact) mass is 198 g/mol. The fourth-order valence-electron chi connectivity index (χ4n) is 1.06. The van der Waals surface area contributed by atoms with E-state index in [9.17, 15) is 0 Å².